The zero-order chi connectivity index (χ0) is 30.1. The third kappa shape index (κ3) is 5.96. The predicted octanol–water partition coefficient (Wildman–Crippen LogP) is 2.44. The highest BCUT2D eigenvalue weighted by Crippen LogP contribution is 2.35. The molecule has 2 aromatic carbocycles. The van der Waals surface area contributed by atoms with E-state index in [2.05, 4.69) is 15.5 Å². The summed E-state index contributed by atoms with van der Waals surface area (Å²) in [6.45, 7) is 3.97. The Kier molecular flexibility index (Phi) is 8.11. The Labute approximate surface area is 248 Å². The fourth-order valence-electron chi connectivity index (χ4n) is 6.51. The van der Waals surface area contributed by atoms with Gasteiger partial charge in [0.05, 0.1) is 16.8 Å². The third-order valence-corrected chi connectivity index (χ3v) is 8.79. The molecule has 2 aromatic rings. The normalized spacial score (nSPS) is 23.0. The molecule has 6 rings (SSSR count). The van der Waals surface area contributed by atoms with Gasteiger partial charge in [0, 0.05) is 45.2 Å². The van der Waals surface area contributed by atoms with Gasteiger partial charge in [0.15, 0.2) is 5.82 Å². The topological polar surface area (TPSA) is 128 Å². The van der Waals surface area contributed by atoms with Crippen LogP contribution in [0, 0.1) is 11.7 Å². The molecule has 4 aliphatic heterocycles. The van der Waals surface area contributed by atoms with Gasteiger partial charge >= 0.3 is 6.09 Å². The Hall–Kier alpha value is -4.32. The van der Waals surface area contributed by atoms with Crippen LogP contribution < -0.4 is 15.5 Å². The van der Waals surface area contributed by atoms with Gasteiger partial charge in [-0.05, 0) is 49.3 Å². The van der Waals surface area contributed by atoms with Crippen molar-refractivity contribution in [3.05, 3.63) is 65.0 Å². The third-order valence-electron chi connectivity index (χ3n) is 8.79. The Bertz CT molecular complexity index is 1440. The summed E-state index contributed by atoms with van der Waals surface area (Å²) in [4.78, 5) is 67.3. The Morgan fingerprint density at radius 1 is 0.953 bits per heavy atom. The summed E-state index contributed by atoms with van der Waals surface area (Å²) in [5, 5.41) is 5.11. The first-order valence-electron chi connectivity index (χ1n) is 14.8. The lowest BCUT2D eigenvalue weighted by Gasteiger charge is -2.33. The average Bonchev–Trinajstić information content (AvgIpc) is 3.56. The molecule has 1 unspecified atom stereocenters. The molecule has 0 aromatic heterocycles. The molecule has 226 valence electrons. The maximum absolute atomic E-state index is 15.8. The van der Waals surface area contributed by atoms with Gasteiger partial charge in [-0.3, -0.25) is 29.4 Å². The maximum Gasteiger partial charge on any atom is 0.407 e. The second-order valence-electron chi connectivity index (χ2n) is 11.7. The van der Waals surface area contributed by atoms with Crippen LogP contribution in [0.3, 0.4) is 0 Å². The van der Waals surface area contributed by atoms with Crippen molar-refractivity contribution in [2.24, 2.45) is 5.92 Å². The molecular formula is C31H34FN5O6. The highest BCUT2D eigenvalue weighted by Gasteiger charge is 2.46. The van der Waals surface area contributed by atoms with Crippen molar-refractivity contribution in [2.75, 3.05) is 37.6 Å². The number of likely N-dealkylation sites (tertiary alicyclic amines) is 1. The van der Waals surface area contributed by atoms with Crippen molar-refractivity contribution in [1.29, 1.82) is 0 Å². The molecular weight excluding hydrogens is 557 g/mol. The van der Waals surface area contributed by atoms with E-state index in [0.29, 0.717) is 19.0 Å². The van der Waals surface area contributed by atoms with E-state index in [4.69, 9.17) is 4.74 Å². The van der Waals surface area contributed by atoms with Crippen molar-refractivity contribution >= 4 is 35.4 Å². The lowest BCUT2D eigenvalue weighted by atomic mass is 10.0. The number of rotatable bonds is 7. The van der Waals surface area contributed by atoms with Crippen molar-refractivity contribution in [3.63, 3.8) is 0 Å². The van der Waals surface area contributed by atoms with Crippen LogP contribution in [0.4, 0.5) is 14.9 Å². The summed E-state index contributed by atoms with van der Waals surface area (Å²) in [7, 11) is 0. The highest BCUT2D eigenvalue weighted by molar-refractivity contribution is 6.24. The molecule has 43 heavy (non-hydrogen) atoms. The monoisotopic (exact) mass is 591 g/mol. The molecule has 11 nitrogen and oxygen atoms in total. The second kappa shape index (κ2) is 12.1. The minimum atomic E-state index is -1.14. The van der Waals surface area contributed by atoms with Gasteiger partial charge in [-0.2, -0.15) is 0 Å². The van der Waals surface area contributed by atoms with Gasteiger partial charge in [-0.1, -0.05) is 30.3 Å². The number of ether oxygens (including phenoxy) is 1. The maximum atomic E-state index is 15.8. The number of nitrogens with zero attached hydrogens (tertiary/aromatic N) is 3. The number of carbonyl (C=O) groups excluding carboxylic acids is 5. The zero-order valence-electron chi connectivity index (χ0n) is 23.7. The molecule has 2 atom stereocenters. The quantitative estimate of drug-likeness (QED) is 0.470. The van der Waals surface area contributed by atoms with Crippen LogP contribution in [-0.2, 0) is 20.9 Å². The summed E-state index contributed by atoms with van der Waals surface area (Å²) in [5.74, 6) is -3.21. The van der Waals surface area contributed by atoms with Crippen molar-refractivity contribution in [2.45, 2.75) is 50.8 Å². The van der Waals surface area contributed by atoms with Crippen LogP contribution in [0.1, 0.15) is 58.4 Å². The smallest absolute Gasteiger partial charge is 0.407 e. The lowest BCUT2D eigenvalue weighted by molar-refractivity contribution is -0.136. The molecule has 0 aliphatic carbocycles. The minimum Gasteiger partial charge on any atom is -0.445 e. The summed E-state index contributed by atoms with van der Waals surface area (Å²) >= 11 is 0. The van der Waals surface area contributed by atoms with Crippen LogP contribution in [0.2, 0.25) is 0 Å². The molecule has 12 heteroatoms. The van der Waals surface area contributed by atoms with Gasteiger partial charge in [0.25, 0.3) is 11.8 Å². The highest BCUT2D eigenvalue weighted by atomic mass is 19.1. The van der Waals surface area contributed by atoms with Crippen LogP contribution in [-0.4, -0.2) is 84.3 Å². The first kappa shape index (κ1) is 28.8. The number of nitrogens with one attached hydrogen (secondary N) is 2. The number of anilines is 1. The van der Waals surface area contributed by atoms with Gasteiger partial charge < -0.3 is 19.9 Å². The Morgan fingerprint density at radius 3 is 2.47 bits per heavy atom. The van der Waals surface area contributed by atoms with Crippen LogP contribution in [0.25, 0.3) is 0 Å². The summed E-state index contributed by atoms with van der Waals surface area (Å²) in [6, 6.07) is 11.4. The number of imide groups is 2. The number of amides is 5. The predicted molar refractivity (Wildman–Crippen MR) is 153 cm³/mol. The van der Waals surface area contributed by atoms with Gasteiger partial charge in [0.2, 0.25) is 11.8 Å². The fraction of sp³-hybridized carbons (Fsp3) is 0.452. The van der Waals surface area contributed by atoms with Crippen molar-refractivity contribution in [1.82, 2.24) is 20.4 Å². The number of piperidine rings is 2. The number of hydrogen-bond acceptors (Lipinski definition) is 8. The van der Waals surface area contributed by atoms with E-state index in [1.54, 1.807) is 0 Å². The SMILES string of the molecule is O=C1CCC(N2C(=O)c3ccc(N4CC[C@H](CN5CCC(NC(=O)OCc6ccccc6)CC5)C4)c(F)c3C2=O)C(=O)N1. The Balaban J connectivity index is 1.00. The molecule has 2 N–H and O–H groups in total. The molecule has 0 spiro atoms. The number of carbonyl (C=O) groups is 5. The summed E-state index contributed by atoms with van der Waals surface area (Å²) in [6.07, 6.45) is 2.10. The number of benzene rings is 2. The number of fused-ring (bicyclic) bond motifs is 1. The first-order valence-corrected chi connectivity index (χ1v) is 14.8. The largest absolute Gasteiger partial charge is 0.445 e. The molecule has 5 amide bonds. The van der Waals surface area contributed by atoms with Gasteiger partial charge in [-0.15, -0.1) is 0 Å². The molecule has 3 saturated heterocycles. The lowest BCUT2D eigenvalue weighted by Crippen LogP contribution is -2.54. The average molecular weight is 592 g/mol. The minimum absolute atomic E-state index is 0.00217. The molecule has 0 saturated carbocycles. The van der Waals surface area contributed by atoms with Crippen molar-refractivity contribution < 1.29 is 33.1 Å². The molecule has 0 radical (unpaired) electrons. The standard InChI is InChI=1S/C31H34FN5O6/c32-27-23(7-6-22-26(27)30(41)37(29(22)40)24-8-9-25(38)34-28(24)39)36-15-10-20(17-36)16-35-13-11-21(12-14-35)33-31(42)43-18-19-4-2-1-3-5-19/h1-7,20-21,24H,8-18H2,(H,33,42)(H,34,38,39)/t20-,24?/m1/s1. The molecule has 4 aliphatic rings. The molecule has 3 fully saturated rings. The van der Waals surface area contributed by atoms with E-state index in [1.807, 2.05) is 35.2 Å². The Morgan fingerprint density at radius 2 is 1.72 bits per heavy atom. The second-order valence-corrected chi connectivity index (χ2v) is 11.7. The van der Waals surface area contributed by atoms with Gasteiger partial charge in [0.1, 0.15) is 12.6 Å². The fourth-order valence-corrected chi connectivity index (χ4v) is 6.51. The van der Waals surface area contributed by atoms with Gasteiger partial charge in [-0.25, -0.2) is 9.18 Å². The van der Waals surface area contributed by atoms with E-state index in [0.717, 1.165) is 49.4 Å². The summed E-state index contributed by atoms with van der Waals surface area (Å²) < 4.78 is 21.1. The van der Waals surface area contributed by atoms with Crippen LogP contribution >= 0.6 is 0 Å². The zero-order valence-corrected chi connectivity index (χ0v) is 23.7. The van der Waals surface area contributed by atoms with E-state index >= 15 is 4.39 Å². The number of alkyl carbamates (subject to hydrolysis) is 1. The molecule has 0 bridgehead atoms. The van der Waals surface area contributed by atoms with Crippen molar-refractivity contribution in [3.8, 4) is 0 Å². The van der Waals surface area contributed by atoms with E-state index in [1.165, 1.54) is 12.1 Å². The molecule has 4 heterocycles. The van der Waals surface area contributed by atoms with E-state index in [9.17, 15) is 24.0 Å². The number of hydrogen-bond donors (Lipinski definition) is 2. The van der Waals surface area contributed by atoms with Crippen LogP contribution in [0.5, 0.6) is 0 Å². The first-order chi connectivity index (χ1) is 20.8. The summed E-state index contributed by atoms with van der Waals surface area (Å²) in [5.41, 5.74) is 0.830. The van der Waals surface area contributed by atoms with E-state index < -0.39 is 41.6 Å². The van der Waals surface area contributed by atoms with Crippen LogP contribution in [0.15, 0.2) is 42.5 Å². The van der Waals surface area contributed by atoms with E-state index in [-0.39, 0.29) is 42.3 Å². The number of halogens is 1.